The van der Waals surface area contributed by atoms with Gasteiger partial charge in [0.05, 0.1) is 30.3 Å². The highest BCUT2D eigenvalue weighted by molar-refractivity contribution is 5.91. The van der Waals surface area contributed by atoms with E-state index >= 15 is 0 Å². The number of ether oxygens (including phenoxy) is 1. The Hall–Kier alpha value is -2.32. The second kappa shape index (κ2) is 7.13. The summed E-state index contributed by atoms with van der Waals surface area (Å²) in [7, 11) is 1.99. The summed E-state index contributed by atoms with van der Waals surface area (Å²) < 4.78 is 7.93. The molecule has 2 aromatic rings. The van der Waals surface area contributed by atoms with Gasteiger partial charge in [-0.2, -0.15) is 5.10 Å². The van der Waals surface area contributed by atoms with Gasteiger partial charge in [-0.05, 0) is 13.0 Å². The summed E-state index contributed by atoms with van der Waals surface area (Å²) in [6.07, 6.45) is 4.82. The number of nitrogens with zero attached hydrogens (tertiary/aromatic N) is 5. The Morgan fingerprint density at radius 1 is 1.38 bits per heavy atom. The molecule has 0 aliphatic carbocycles. The lowest BCUT2D eigenvalue weighted by Gasteiger charge is -2.19. The summed E-state index contributed by atoms with van der Waals surface area (Å²) in [5.74, 6) is 0.604. The van der Waals surface area contributed by atoms with Gasteiger partial charge in [-0.15, -0.1) is 0 Å². The average Bonchev–Trinajstić information content (AvgIpc) is 3.29. The number of hydrogen-bond donors (Lipinski definition) is 1. The fourth-order valence-electron chi connectivity index (χ4n) is 3.99. The van der Waals surface area contributed by atoms with Crippen molar-refractivity contribution in [3.05, 3.63) is 41.7 Å². The van der Waals surface area contributed by atoms with Crippen LogP contribution < -0.4 is 5.32 Å². The highest BCUT2D eigenvalue weighted by Crippen LogP contribution is 2.34. The van der Waals surface area contributed by atoms with Gasteiger partial charge in [0.25, 0.3) is 5.91 Å². The molecule has 0 radical (unpaired) electrons. The average molecular weight is 356 g/mol. The van der Waals surface area contributed by atoms with E-state index in [1.807, 2.05) is 18.7 Å². The number of amides is 1. The van der Waals surface area contributed by atoms with Crippen LogP contribution in [0.1, 0.15) is 21.9 Å². The lowest BCUT2D eigenvalue weighted by atomic mass is 9.93. The predicted octanol–water partition coefficient (Wildman–Crippen LogP) is 0.395. The van der Waals surface area contributed by atoms with Crippen molar-refractivity contribution in [1.82, 2.24) is 30.0 Å². The quantitative estimate of drug-likeness (QED) is 0.835. The third kappa shape index (κ3) is 3.47. The van der Waals surface area contributed by atoms with Crippen molar-refractivity contribution in [1.29, 1.82) is 0 Å². The fourth-order valence-corrected chi connectivity index (χ4v) is 3.99. The van der Waals surface area contributed by atoms with Crippen LogP contribution in [0.2, 0.25) is 0 Å². The van der Waals surface area contributed by atoms with E-state index in [2.05, 4.69) is 31.3 Å². The van der Waals surface area contributed by atoms with E-state index in [0.29, 0.717) is 30.7 Å². The van der Waals surface area contributed by atoms with Crippen molar-refractivity contribution in [2.24, 2.45) is 18.9 Å². The second-order valence-electron chi connectivity index (χ2n) is 7.19. The van der Waals surface area contributed by atoms with Crippen LogP contribution in [0, 0.1) is 18.8 Å². The first-order chi connectivity index (χ1) is 12.6. The first kappa shape index (κ1) is 17.1. The van der Waals surface area contributed by atoms with E-state index in [9.17, 15) is 4.79 Å². The molecule has 4 heterocycles. The lowest BCUT2D eigenvalue weighted by Crippen LogP contribution is -2.34. The maximum atomic E-state index is 12.2. The van der Waals surface area contributed by atoms with Crippen molar-refractivity contribution >= 4 is 5.91 Å². The summed E-state index contributed by atoms with van der Waals surface area (Å²) in [6, 6.07) is 2.13. The van der Waals surface area contributed by atoms with Crippen molar-refractivity contribution in [3.63, 3.8) is 0 Å². The van der Waals surface area contributed by atoms with Gasteiger partial charge in [-0.1, -0.05) is 0 Å². The van der Waals surface area contributed by atoms with Crippen LogP contribution in [0.5, 0.6) is 0 Å². The zero-order valence-corrected chi connectivity index (χ0v) is 15.1. The van der Waals surface area contributed by atoms with Gasteiger partial charge in [-0.25, -0.2) is 4.98 Å². The maximum absolute atomic E-state index is 12.2. The lowest BCUT2D eigenvalue weighted by molar-refractivity contribution is 0.0899. The van der Waals surface area contributed by atoms with E-state index < -0.39 is 0 Å². The standard InChI is InChI=1S/C18H24N6O2/c1-12-5-14(23(2)22-12)8-24-9-15-13(11-26-17(15)10-24)6-21-18(25)16-7-19-3-4-20-16/h3-5,7,13,15,17H,6,8-11H2,1-2H3,(H,21,25)/t13-,15-,17-/m1/s1. The van der Waals surface area contributed by atoms with Crippen LogP contribution >= 0.6 is 0 Å². The molecular weight excluding hydrogens is 332 g/mol. The van der Waals surface area contributed by atoms with Crippen LogP contribution in [0.15, 0.2) is 24.7 Å². The Morgan fingerprint density at radius 3 is 3.00 bits per heavy atom. The van der Waals surface area contributed by atoms with Gasteiger partial charge in [0.2, 0.25) is 0 Å². The molecular formula is C18H24N6O2. The van der Waals surface area contributed by atoms with Crippen molar-refractivity contribution in [2.45, 2.75) is 19.6 Å². The van der Waals surface area contributed by atoms with Gasteiger partial charge >= 0.3 is 0 Å². The number of carbonyl (C=O) groups is 1. The second-order valence-corrected chi connectivity index (χ2v) is 7.19. The number of likely N-dealkylation sites (tertiary alicyclic amines) is 1. The number of rotatable bonds is 5. The number of aryl methyl sites for hydroxylation is 2. The van der Waals surface area contributed by atoms with Crippen LogP contribution in [-0.2, 0) is 18.3 Å². The third-order valence-electron chi connectivity index (χ3n) is 5.32. The predicted molar refractivity (Wildman–Crippen MR) is 94.3 cm³/mol. The molecule has 8 heteroatoms. The zero-order valence-electron chi connectivity index (χ0n) is 15.1. The van der Waals surface area contributed by atoms with Crippen molar-refractivity contribution in [3.8, 4) is 0 Å². The normalized spacial score (nSPS) is 25.4. The zero-order chi connectivity index (χ0) is 18.1. The summed E-state index contributed by atoms with van der Waals surface area (Å²) in [6.45, 7) is 6.13. The summed E-state index contributed by atoms with van der Waals surface area (Å²) in [4.78, 5) is 22.6. The SMILES string of the molecule is Cc1cc(CN2C[C@@H]3[C@H](CNC(=O)c4cnccn4)CO[C@@H]3C2)n(C)n1. The fraction of sp³-hybridized carbons (Fsp3) is 0.556. The Bertz CT molecular complexity index is 777. The molecule has 3 atom stereocenters. The highest BCUT2D eigenvalue weighted by atomic mass is 16.5. The number of aromatic nitrogens is 4. The molecule has 0 bridgehead atoms. The minimum Gasteiger partial charge on any atom is -0.376 e. The smallest absolute Gasteiger partial charge is 0.271 e. The molecule has 4 rings (SSSR count). The van der Waals surface area contributed by atoms with Gasteiger partial charge in [-0.3, -0.25) is 19.4 Å². The minimum absolute atomic E-state index is 0.179. The number of nitrogens with one attached hydrogen (secondary N) is 1. The molecule has 2 saturated heterocycles. The molecule has 2 fully saturated rings. The Balaban J connectivity index is 1.32. The minimum atomic E-state index is -0.179. The van der Waals surface area contributed by atoms with Crippen LogP contribution in [-0.4, -0.2) is 62.9 Å². The third-order valence-corrected chi connectivity index (χ3v) is 5.32. The molecule has 0 unspecified atom stereocenters. The molecule has 2 aliphatic rings. The topological polar surface area (TPSA) is 85.2 Å². The molecule has 2 aliphatic heterocycles. The summed E-state index contributed by atoms with van der Waals surface area (Å²) in [5, 5.41) is 7.39. The van der Waals surface area contributed by atoms with E-state index in [4.69, 9.17) is 4.74 Å². The molecule has 1 amide bonds. The molecule has 1 N–H and O–H groups in total. The van der Waals surface area contributed by atoms with Crippen LogP contribution in [0.3, 0.4) is 0 Å². The molecule has 0 spiro atoms. The Kier molecular flexibility index (Phi) is 4.69. The van der Waals surface area contributed by atoms with Gasteiger partial charge in [0, 0.05) is 57.5 Å². The largest absolute Gasteiger partial charge is 0.376 e. The Labute approximate surface area is 152 Å². The van der Waals surface area contributed by atoms with Gasteiger partial charge in [0.1, 0.15) is 5.69 Å². The number of carbonyl (C=O) groups excluding carboxylic acids is 1. The van der Waals surface area contributed by atoms with Crippen molar-refractivity contribution in [2.75, 3.05) is 26.2 Å². The monoisotopic (exact) mass is 356 g/mol. The molecule has 138 valence electrons. The molecule has 2 aromatic heterocycles. The van der Waals surface area contributed by atoms with Crippen LogP contribution in [0.4, 0.5) is 0 Å². The van der Waals surface area contributed by atoms with Gasteiger partial charge in [0.15, 0.2) is 0 Å². The summed E-state index contributed by atoms with van der Waals surface area (Å²) in [5.41, 5.74) is 2.61. The first-order valence-electron chi connectivity index (χ1n) is 8.98. The van der Waals surface area contributed by atoms with Crippen LogP contribution in [0.25, 0.3) is 0 Å². The van der Waals surface area contributed by atoms with E-state index in [1.165, 1.54) is 18.1 Å². The summed E-state index contributed by atoms with van der Waals surface area (Å²) >= 11 is 0. The van der Waals surface area contributed by atoms with E-state index in [1.54, 1.807) is 6.20 Å². The van der Waals surface area contributed by atoms with E-state index in [0.717, 1.165) is 25.3 Å². The molecule has 0 saturated carbocycles. The molecule has 0 aromatic carbocycles. The highest BCUT2D eigenvalue weighted by Gasteiger charge is 2.43. The first-order valence-corrected chi connectivity index (χ1v) is 8.98. The Morgan fingerprint density at radius 2 is 2.27 bits per heavy atom. The van der Waals surface area contributed by atoms with Gasteiger partial charge < -0.3 is 10.1 Å². The molecule has 26 heavy (non-hydrogen) atoms. The number of hydrogen-bond acceptors (Lipinski definition) is 6. The number of fused-ring (bicyclic) bond motifs is 1. The maximum Gasteiger partial charge on any atom is 0.271 e. The molecule has 8 nitrogen and oxygen atoms in total. The van der Waals surface area contributed by atoms with E-state index in [-0.39, 0.29) is 12.0 Å². The van der Waals surface area contributed by atoms with Crippen molar-refractivity contribution < 1.29 is 9.53 Å².